The van der Waals surface area contributed by atoms with E-state index in [1.54, 1.807) is 0 Å². The van der Waals surface area contributed by atoms with Crippen molar-refractivity contribution in [1.29, 1.82) is 0 Å². The van der Waals surface area contributed by atoms with E-state index in [9.17, 15) is 0 Å². The number of hydrogen-bond acceptors (Lipinski definition) is 4. The van der Waals surface area contributed by atoms with Crippen LogP contribution in [0.3, 0.4) is 0 Å². The second-order valence-corrected chi connectivity index (χ2v) is 6.22. The van der Waals surface area contributed by atoms with Gasteiger partial charge in [-0.15, -0.1) is 0 Å². The van der Waals surface area contributed by atoms with Crippen LogP contribution in [0.4, 0.5) is 0 Å². The van der Waals surface area contributed by atoms with E-state index in [1.165, 1.54) is 32.5 Å². The van der Waals surface area contributed by atoms with E-state index in [1.807, 2.05) is 0 Å². The van der Waals surface area contributed by atoms with Gasteiger partial charge in [0.2, 0.25) is 0 Å². The van der Waals surface area contributed by atoms with Gasteiger partial charge in [0.25, 0.3) is 0 Å². The molecule has 0 aliphatic carbocycles. The van der Waals surface area contributed by atoms with Crippen LogP contribution in [0.1, 0.15) is 26.7 Å². The van der Waals surface area contributed by atoms with E-state index in [4.69, 9.17) is 4.74 Å². The third-order valence-corrected chi connectivity index (χ3v) is 4.80. The summed E-state index contributed by atoms with van der Waals surface area (Å²) >= 11 is 0. The first-order valence-corrected chi connectivity index (χ1v) is 7.95. The molecule has 112 valence electrons. The first kappa shape index (κ1) is 15.2. The molecule has 4 nitrogen and oxygen atoms in total. The second-order valence-electron chi connectivity index (χ2n) is 6.22. The van der Waals surface area contributed by atoms with Gasteiger partial charge in [0.1, 0.15) is 0 Å². The third-order valence-electron chi connectivity index (χ3n) is 4.80. The van der Waals surface area contributed by atoms with Gasteiger partial charge in [0, 0.05) is 25.7 Å². The number of ether oxygens (including phenoxy) is 1. The first-order chi connectivity index (χ1) is 9.19. The van der Waals surface area contributed by atoms with Crippen LogP contribution in [-0.4, -0.2) is 74.9 Å². The van der Waals surface area contributed by atoms with Crippen LogP contribution < -0.4 is 5.32 Å². The van der Waals surface area contributed by atoms with Gasteiger partial charge in [-0.2, -0.15) is 0 Å². The van der Waals surface area contributed by atoms with Crippen molar-refractivity contribution in [2.24, 2.45) is 5.92 Å². The largest absolute Gasteiger partial charge is 0.374 e. The van der Waals surface area contributed by atoms with Gasteiger partial charge in [-0.25, -0.2) is 0 Å². The average Bonchev–Trinajstić information content (AvgIpc) is 2.45. The van der Waals surface area contributed by atoms with Gasteiger partial charge in [0.05, 0.1) is 12.7 Å². The molecule has 0 saturated carbocycles. The fourth-order valence-corrected chi connectivity index (χ4v) is 3.24. The minimum atomic E-state index is 0.372. The molecule has 0 radical (unpaired) electrons. The third kappa shape index (κ3) is 4.71. The summed E-state index contributed by atoms with van der Waals surface area (Å²) in [5.74, 6) is 0.837. The Bertz CT molecular complexity index is 254. The molecule has 0 aromatic carbocycles. The van der Waals surface area contributed by atoms with Crippen molar-refractivity contribution in [2.45, 2.75) is 38.8 Å². The molecule has 1 N–H and O–H groups in total. The number of likely N-dealkylation sites (tertiary alicyclic amines) is 1. The number of morpholine rings is 1. The smallest absolute Gasteiger partial charge is 0.0826 e. The van der Waals surface area contributed by atoms with E-state index in [-0.39, 0.29) is 0 Å². The van der Waals surface area contributed by atoms with Crippen LogP contribution in [0, 0.1) is 5.92 Å². The van der Waals surface area contributed by atoms with E-state index in [0.717, 1.165) is 32.2 Å². The Kier molecular flexibility index (Phi) is 6.07. The molecule has 0 aromatic rings. The van der Waals surface area contributed by atoms with Gasteiger partial charge in [0.15, 0.2) is 0 Å². The van der Waals surface area contributed by atoms with Crippen molar-refractivity contribution in [2.75, 3.05) is 52.9 Å². The van der Waals surface area contributed by atoms with Crippen LogP contribution in [0.15, 0.2) is 0 Å². The Morgan fingerprint density at radius 1 is 1.26 bits per heavy atom. The molecule has 0 amide bonds. The highest BCUT2D eigenvalue weighted by atomic mass is 16.5. The van der Waals surface area contributed by atoms with Crippen LogP contribution in [0.25, 0.3) is 0 Å². The monoisotopic (exact) mass is 269 g/mol. The lowest BCUT2D eigenvalue weighted by atomic mass is 9.90. The summed E-state index contributed by atoms with van der Waals surface area (Å²) in [5, 5.41) is 3.71. The molecule has 4 heteroatoms. The lowest BCUT2D eigenvalue weighted by Gasteiger charge is -2.36. The summed E-state index contributed by atoms with van der Waals surface area (Å²) in [6.07, 6.45) is 3.05. The number of nitrogens with zero attached hydrogens (tertiary/aromatic N) is 2. The van der Waals surface area contributed by atoms with Crippen molar-refractivity contribution in [3.05, 3.63) is 0 Å². The van der Waals surface area contributed by atoms with Gasteiger partial charge in [-0.1, -0.05) is 6.92 Å². The SMILES string of the molecule is CCN1CCC(C(C)NCC2CN(C)CCO2)CC1. The Morgan fingerprint density at radius 3 is 2.63 bits per heavy atom. The highest BCUT2D eigenvalue weighted by molar-refractivity contribution is 4.81. The van der Waals surface area contributed by atoms with E-state index >= 15 is 0 Å². The molecule has 2 atom stereocenters. The zero-order valence-electron chi connectivity index (χ0n) is 12.9. The summed E-state index contributed by atoms with van der Waals surface area (Å²) in [6.45, 7) is 12.4. The highest BCUT2D eigenvalue weighted by Gasteiger charge is 2.24. The maximum atomic E-state index is 5.81. The Balaban J connectivity index is 1.65. The fourth-order valence-electron chi connectivity index (χ4n) is 3.24. The fraction of sp³-hybridized carbons (Fsp3) is 1.00. The molecule has 0 spiro atoms. The van der Waals surface area contributed by atoms with Gasteiger partial charge < -0.3 is 19.9 Å². The molecule has 2 heterocycles. The second kappa shape index (κ2) is 7.58. The quantitative estimate of drug-likeness (QED) is 0.807. The molecule has 2 fully saturated rings. The van der Waals surface area contributed by atoms with Crippen LogP contribution in [-0.2, 0) is 4.74 Å². The van der Waals surface area contributed by atoms with E-state index in [0.29, 0.717) is 12.1 Å². The molecule has 2 rings (SSSR count). The number of piperidine rings is 1. The summed E-state index contributed by atoms with van der Waals surface area (Å²) in [7, 11) is 2.18. The minimum Gasteiger partial charge on any atom is -0.374 e. The molecule has 2 aliphatic heterocycles. The predicted octanol–water partition coefficient (Wildman–Crippen LogP) is 1.03. The van der Waals surface area contributed by atoms with Gasteiger partial charge in [-0.05, 0) is 52.4 Å². The summed E-state index contributed by atoms with van der Waals surface area (Å²) < 4.78 is 5.81. The van der Waals surface area contributed by atoms with Gasteiger partial charge in [-0.3, -0.25) is 0 Å². The normalized spacial score (nSPS) is 29.5. The number of nitrogens with one attached hydrogen (secondary N) is 1. The number of likely N-dealkylation sites (N-methyl/N-ethyl adjacent to an activating group) is 1. The van der Waals surface area contributed by atoms with Crippen LogP contribution >= 0.6 is 0 Å². The Labute approximate surface area is 118 Å². The summed E-state index contributed by atoms with van der Waals surface area (Å²) in [5.41, 5.74) is 0. The van der Waals surface area contributed by atoms with E-state index in [2.05, 4.69) is 36.0 Å². The zero-order valence-corrected chi connectivity index (χ0v) is 12.9. The average molecular weight is 269 g/mol. The standard InChI is InChI=1S/C15H31N3O/c1-4-18-7-5-14(6-8-18)13(2)16-11-15-12-17(3)9-10-19-15/h13-16H,4-12H2,1-3H3. The van der Waals surface area contributed by atoms with Crippen LogP contribution in [0.5, 0.6) is 0 Å². The van der Waals surface area contributed by atoms with Crippen molar-refractivity contribution >= 4 is 0 Å². The molecule has 19 heavy (non-hydrogen) atoms. The Morgan fingerprint density at radius 2 is 2.00 bits per heavy atom. The van der Waals surface area contributed by atoms with Crippen molar-refractivity contribution in [1.82, 2.24) is 15.1 Å². The van der Waals surface area contributed by atoms with Crippen molar-refractivity contribution < 1.29 is 4.74 Å². The topological polar surface area (TPSA) is 27.7 Å². The summed E-state index contributed by atoms with van der Waals surface area (Å²) in [4.78, 5) is 4.92. The molecular weight excluding hydrogens is 238 g/mol. The molecule has 2 unspecified atom stereocenters. The molecular formula is C15H31N3O. The molecule has 2 saturated heterocycles. The van der Waals surface area contributed by atoms with Crippen molar-refractivity contribution in [3.8, 4) is 0 Å². The number of hydrogen-bond donors (Lipinski definition) is 1. The first-order valence-electron chi connectivity index (χ1n) is 7.95. The lowest BCUT2D eigenvalue weighted by molar-refractivity contribution is -0.0202. The molecule has 0 bridgehead atoms. The number of rotatable bonds is 5. The lowest BCUT2D eigenvalue weighted by Crippen LogP contribution is -2.48. The highest BCUT2D eigenvalue weighted by Crippen LogP contribution is 2.20. The summed E-state index contributed by atoms with van der Waals surface area (Å²) in [6, 6.07) is 0.620. The maximum Gasteiger partial charge on any atom is 0.0826 e. The van der Waals surface area contributed by atoms with Gasteiger partial charge >= 0.3 is 0 Å². The molecule has 2 aliphatic rings. The van der Waals surface area contributed by atoms with Crippen molar-refractivity contribution in [3.63, 3.8) is 0 Å². The predicted molar refractivity (Wildman–Crippen MR) is 79.5 cm³/mol. The zero-order chi connectivity index (χ0) is 13.7. The Hall–Kier alpha value is -0.160. The molecule has 0 aromatic heterocycles. The van der Waals surface area contributed by atoms with Crippen LogP contribution in [0.2, 0.25) is 0 Å². The minimum absolute atomic E-state index is 0.372. The maximum absolute atomic E-state index is 5.81. The van der Waals surface area contributed by atoms with E-state index < -0.39 is 0 Å².